The maximum Gasteiger partial charge on any atom is 0.417 e. The maximum atomic E-state index is 12.7. The lowest BCUT2D eigenvalue weighted by atomic mass is 10.2. The minimum absolute atomic E-state index is 0.0126. The summed E-state index contributed by atoms with van der Waals surface area (Å²) < 4.78 is 60.6. The number of allylic oxidation sites excluding steroid dienone is 3. The van der Waals surface area contributed by atoms with Crippen LogP contribution in [0, 0.1) is 0 Å². The van der Waals surface area contributed by atoms with Gasteiger partial charge in [0.1, 0.15) is 12.4 Å². The molecule has 0 unspecified atom stereocenters. The number of aromatic nitrogens is 1. The van der Waals surface area contributed by atoms with Gasteiger partial charge in [0.25, 0.3) is 0 Å². The molecule has 0 radical (unpaired) electrons. The van der Waals surface area contributed by atoms with E-state index in [0.717, 1.165) is 6.08 Å². The maximum absolute atomic E-state index is 12.7. The van der Waals surface area contributed by atoms with E-state index >= 15 is 0 Å². The highest BCUT2D eigenvalue weighted by atomic mass is 19.4. The molecule has 0 spiro atoms. The number of aliphatic hydroxyl groups is 2. The van der Waals surface area contributed by atoms with Crippen molar-refractivity contribution in [3.05, 3.63) is 47.1 Å². The summed E-state index contributed by atoms with van der Waals surface area (Å²) >= 11 is 0. The number of pyridine rings is 1. The van der Waals surface area contributed by atoms with Crippen molar-refractivity contribution in [2.24, 2.45) is 0 Å². The highest BCUT2D eigenvalue weighted by Crippen LogP contribution is 2.33. The van der Waals surface area contributed by atoms with Crippen molar-refractivity contribution >= 4 is 0 Å². The Morgan fingerprint density at radius 1 is 1.35 bits per heavy atom. The first-order valence-electron chi connectivity index (χ1n) is 6.28. The zero-order valence-electron chi connectivity index (χ0n) is 12.3. The molecule has 0 aliphatic carbocycles. The summed E-state index contributed by atoms with van der Waals surface area (Å²) in [6, 6.07) is 0.508. The first kappa shape index (κ1) is 19.1. The Balaban J connectivity index is 3.20. The molecule has 0 aromatic carbocycles. The number of methoxy groups -OCH3 is 1. The van der Waals surface area contributed by atoms with Gasteiger partial charge in [-0.1, -0.05) is 0 Å². The lowest BCUT2D eigenvalue weighted by molar-refractivity contribution is -0.138. The Morgan fingerprint density at radius 2 is 2.00 bits per heavy atom. The van der Waals surface area contributed by atoms with Crippen LogP contribution in [0.4, 0.5) is 17.6 Å². The molecule has 0 aliphatic heterocycles. The lowest BCUT2D eigenvalue weighted by Gasteiger charge is -2.15. The fraction of sp³-hybridized carbons (Fsp3) is 0.357. The van der Waals surface area contributed by atoms with E-state index in [4.69, 9.17) is 9.47 Å². The molecule has 0 atom stereocenters. The number of hydrogen-bond donors (Lipinski definition) is 2. The highest BCUT2D eigenvalue weighted by Gasteiger charge is 2.32. The number of nitrogens with zero attached hydrogens (tertiary/aromatic N) is 1. The van der Waals surface area contributed by atoms with E-state index in [0.29, 0.717) is 12.3 Å². The van der Waals surface area contributed by atoms with Crippen molar-refractivity contribution < 1.29 is 37.2 Å². The van der Waals surface area contributed by atoms with Gasteiger partial charge in [-0.05, 0) is 25.1 Å². The topological polar surface area (TPSA) is 71.8 Å². The van der Waals surface area contributed by atoms with E-state index in [1.807, 2.05) is 0 Å². The Kier molecular flexibility index (Phi) is 6.67. The molecule has 1 heterocycles. The van der Waals surface area contributed by atoms with E-state index < -0.39 is 35.3 Å². The predicted octanol–water partition coefficient (Wildman–Crippen LogP) is 2.87. The van der Waals surface area contributed by atoms with Gasteiger partial charge in [-0.15, -0.1) is 0 Å². The van der Waals surface area contributed by atoms with Crippen LogP contribution in [0.1, 0.15) is 24.3 Å². The van der Waals surface area contributed by atoms with Crippen LogP contribution in [0.15, 0.2) is 36.0 Å². The number of hydrogen-bond acceptors (Lipinski definition) is 5. The molecule has 1 aromatic heterocycles. The number of ether oxygens (including phenoxy) is 2. The van der Waals surface area contributed by atoms with Crippen LogP contribution in [-0.4, -0.2) is 28.9 Å². The van der Waals surface area contributed by atoms with Crippen LogP contribution in [0.2, 0.25) is 0 Å². The Labute approximate surface area is 129 Å². The van der Waals surface area contributed by atoms with Crippen LogP contribution in [0.25, 0.3) is 0 Å². The van der Waals surface area contributed by atoms with Gasteiger partial charge >= 0.3 is 6.18 Å². The number of alkyl halides is 3. The molecule has 1 aromatic rings. The van der Waals surface area contributed by atoms with Crippen molar-refractivity contribution in [3.8, 4) is 5.88 Å². The van der Waals surface area contributed by atoms with Gasteiger partial charge in [0, 0.05) is 13.3 Å². The third kappa shape index (κ3) is 5.97. The smallest absolute Gasteiger partial charge is 0.417 e. The molecule has 9 heteroatoms. The van der Waals surface area contributed by atoms with Gasteiger partial charge in [0.05, 0.1) is 17.0 Å². The molecule has 1 rings (SSSR count). The SMILES string of the molecule is COC/C(=C\C=C(/C)F)Oc1ncc(C(F)(F)F)cc1C(O)O. The quantitative estimate of drug-likeness (QED) is 0.361. The minimum atomic E-state index is -4.70. The van der Waals surface area contributed by atoms with Crippen LogP contribution in [-0.2, 0) is 10.9 Å². The molecular formula is C14H15F4NO4. The molecule has 5 nitrogen and oxygen atoms in total. The fourth-order valence-corrected chi connectivity index (χ4v) is 1.48. The third-order valence-corrected chi connectivity index (χ3v) is 2.50. The fourth-order valence-electron chi connectivity index (χ4n) is 1.48. The molecule has 0 amide bonds. The first-order valence-corrected chi connectivity index (χ1v) is 6.28. The largest absolute Gasteiger partial charge is 0.440 e. The van der Waals surface area contributed by atoms with Gasteiger partial charge < -0.3 is 19.7 Å². The molecule has 0 bridgehead atoms. The second-order valence-electron chi connectivity index (χ2n) is 4.41. The van der Waals surface area contributed by atoms with Gasteiger partial charge in [-0.2, -0.15) is 13.2 Å². The first-order chi connectivity index (χ1) is 10.6. The molecule has 128 valence electrons. The normalized spacial score (nSPS) is 13.6. The molecule has 0 fully saturated rings. The Bertz CT molecular complexity index is 593. The second-order valence-corrected chi connectivity index (χ2v) is 4.41. The summed E-state index contributed by atoms with van der Waals surface area (Å²) in [6.07, 6.45) is -4.21. The minimum Gasteiger partial charge on any atom is -0.440 e. The highest BCUT2D eigenvalue weighted by molar-refractivity contribution is 5.33. The number of halogens is 4. The number of rotatable bonds is 6. The van der Waals surface area contributed by atoms with Crippen LogP contribution in [0.5, 0.6) is 5.88 Å². The van der Waals surface area contributed by atoms with Crippen molar-refractivity contribution in [1.82, 2.24) is 4.98 Å². The van der Waals surface area contributed by atoms with Gasteiger partial charge in [-0.25, -0.2) is 9.37 Å². The summed E-state index contributed by atoms with van der Waals surface area (Å²) in [4.78, 5) is 3.44. The lowest BCUT2D eigenvalue weighted by Crippen LogP contribution is -2.11. The third-order valence-electron chi connectivity index (χ3n) is 2.50. The van der Waals surface area contributed by atoms with Crippen LogP contribution in [0.3, 0.4) is 0 Å². The van der Waals surface area contributed by atoms with Crippen molar-refractivity contribution in [1.29, 1.82) is 0 Å². The molecular weight excluding hydrogens is 322 g/mol. The summed E-state index contributed by atoms with van der Waals surface area (Å²) in [7, 11) is 1.32. The average Bonchev–Trinajstić information content (AvgIpc) is 2.43. The van der Waals surface area contributed by atoms with Crippen molar-refractivity contribution in [2.45, 2.75) is 19.4 Å². The summed E-state index contributed by atoms with van der Waals surface area (Å²) in [5.41, 5.74) is -1.74. The standard InChI is InChI=1S/C14H15F4NO4/c1-8(15)3-4-10(7-22-2)23-12-11(13(20)21)5-9(6-19-12)14(16,17)18/h3-6,13,20-21H,7H2,1-2H3/b8-3+,10-4+. The summed E-state index contributed by atoms with van der Waals surface area (Å²) in [6.45, 7) is 1.05. The van der Waals surface area contributed by atoms with Crippen molar-refractivity contribution in [2.75, 3.05) is 13.7 Å². The van der Waals surface area contributed by atoms with E-state index in [1.165, 1.54) is 20.1 Å². The Hall–Kier alpha value is -1.97. The molecule has 23 heavy (non-hydrogen) atoms. The predicted molar refractivity (Wildman–Crippen MR) is 71.9 cm³/mol. The Morgan fingerprint density at radius 3 is 2.48 bits per heavy atom. The number of aliphatic hydroxyl groups excluding tert-OH is 1. The van der Waals surface area contributed by atoms with Gasteiger partial charge in [0.2, 0.25) is 5.88 Å². The second kappa shape index (κ2) is 8.04. The molecule has 0 saturated carbocycles. The van der Waals surface area contributed by atoms with Crippen LogP contribution >= 0.6 is 0 Å². The van der Waals surface area contributed by atoms with Crippen LogP contribution < -0.4 is 4.74 Å². The van der Waals surface area contributed by atoms with E-state index in [-0.39, 0.29) is 12.4 Å². The molecule has 0 saturated heterocycles. The molecule has 2 N–H and O–H groups in total. The zero-order chi connectivity index (χ0) is 17.6. The van der Waals surface area contributed by atoms with E-state index in [1.54, 1.807) is 0 Å². The van der Waals surface area contributed by atoms with E-state index in [9.17, 15) is 27.8 Å². The average molecular weight is 337 g/mol. The van der Waals surface area contributed by atoms with E-state index in [2.05, 4.69) is 4.98 Å². The molecule has 0 aliphatic rings. The van der Waals surface area contributed by atoms with Gasteiger partial charge in [0.15, 0.2) is 6.29 Å². The van der Waals surface area contributed by atoms with Crippen molar-refractivity contribution in [3.63, 3.8) is 0 Å². The van der Waals surface area contributed by atoms with Gasteiger partial charge in [-0.3, -0.25) is 0 Å². The summed E-state index contributed by atoms with van der Waals surface area (Å²) in [5.74, 6) is -0.982. The zero-order valence-corrected chi connectivity index (χ0v) is 12.3. The summed E-state index contributed by atoms with van der Waals surface area (Å²) in [5, 5.41) is 18.4. The monoisotopic (exact) mass is 337 g/mol.